The van der Waals surface area contributed by atoms with Crippen LogP contribution in [0.15, 0.2) is 48.0 Å². The third-order valence-electron chi connectivity index (χ3n) is 5.74. The molecular weight excluding hydrogens is 394 g/mol. The fraction of sp³-hybridized carbons (Fsp3) is 0.360. The zero-order chi connectivity index (χ0) is 22.3. The molecule has 2 aromatic carbocycles. The molecule has 0 aromatic heterocycles. The number of hydrogen-bond donors (Lipinski definition) is 1. The van der Waals surface area contributed by atoms with Gasteiger partial charge in [-0.25, -0.2) is 0 Å². The molecule has 4 rings (SSSR count). The standard InChI is InChI=1S/C25H27NO5/c1-5-12-26-21(15-6-9-17(10-7-15)25(2,3)4)20(23(28)24(26)29)22(27)16-8-11-18-19(13-16)31-14-30-18/h6-11,13,21,27H,5,12,14H2,1-4H3/b22-20-. The van der Waals surface area contributed by atoms with Gasteiger partial charge in [0, 0.05) is 12.1 Å². The van der Waals surface area contributed by atoms with Gasteiger partial charge in [0.25, 0.3) is 11.7 Å². The fourth-order valence-corrected chi connectivity index (χ4v) is 4.06. The number of ketones is 1. The Labute approximate surface area is 182 Å². The topological polar surface area (TPSA) is 76.1 Å². The lowest BCUT2D eigenvalue weighted by atomic mass is 9.85. The summed E-state index contributed by atoms with van der Waals surface area (Å²) in [6, 6.07) is 12.2. The van der Waals surface area contributed by atoms with E-state index in [0.717, 1.165) is 11.1 Å². The van der Waals surface area contributed by atoms with Crippen molar-refractivity contribution in [2.45, 2.75) is 45.6 Å². The zero-order valence-electron chi connectivity index (χ0n) is 18.3. The van der Waals surface area contributed by atoms with Crippen molar-refractivity contribution in [1.82, 2.24) is 4.90 Å². The van der Waals surface area contributed by atoms with Crippen LogP contribution in [0, 0.1) is 0 Å². The van der Waals surface area contributed by atoms with Crippen LogP contribution < -0.4 is 9.47 Å². The van der Waals surface area contributed by atoms with Crippen LogP contribution in [0.25, 0.3) is 5.76 Å². The largest absolute Gasteiger partial charge is 0.507 e. The summed E-state index contributed by atoms with van der Waals surface area (Å²) in [4.78, 5) is 27.4. The summed E-state index contributed by atoms with van der Waals surface area (Å²) in [5.41, 5.74) is 2.44. The Bertz CT molecular complexity index is 1060. The Morgan fingerprint density at radius 1 is 1.06 bits per heavy atom. The van der Waals surface area contributed by atoms with E-state index in [2.05, 4.69) is 20.8 Å². The Morgan fingerprint density at radius 3 is 2.39 bits per heavy atom. The summed E-state index contributed by atoms with van der Waals surface area (Å²) >= 11 is 0. The molecule has 2 aromatic rings. The van der Waals surface area contributed by atoms with Crippen molar-refractivity contribution >= 4 is 17.4 Å². The molecule has 6 heteroatoms. The molecular formula is C25H27NO5. The van der Waals surface area contributed by atoms with Gasteiger partial charge in [0.15, 0.2) is 11.5 Å². The summed E-state index contributed by atoms with van der Waals surface area (Å²) in [5, 5.41) is 11.1. The highest BCUT2D eigenvalue weighted by atomic mass is 16.7. The maximum Gasteiger partial charge on any atom is 0.295 e. The summed E-state index contributed by atoms with van der Waals surface area (Å²) < 4.78 is 10.7. The molecule has 0 radical (unpaired) electrons. The SMILES string of the molecule is CCCN1C(=O)C(=O)/C(=C(\O)c2ccc3c(c2)OCO3)C1c1ccc(C(C)(C)C)cc1. The first-order valence-corrected chi connectivity index (χ1v) is 10.5. The van der Waals surface area contributed by atoms with Crippen LogP contribution in [-0.2, 0) is 15.0 Å². The summed E-state index contributed by atoms with van der Waals surface area (Å²) in [5.74, 6) is -0.391. The van der Waals surface area contributed by atoms with Gasteiger partial charge in [0.1, 0.15) is 5.76 Å². The van der Waals surface area contributed by atoms with E-state index in [1.807, 2.05) is 31.2 Å². The van der Waals surface area contributed by atoms with E-state index >= 15 is 0 Å². The van der Waals surface area contributed by atoms with Crippen molar-refractivity contribution in [2.24, 2.45) is 0 Å². The second-order valence-corrected chi connectivity index (χ2v) is 8.93. The quantitative estimate of drug-likeness (QED) is 0.445. The maximum atomic E-state index is 13.0. The third kappa shape index (κ3) is 3.67. The second-order valence-electron chi connectivity index (χ2n) is 8.93. The van der Waals surface area contributed by atoms with Crippen molar-refractivity contribution in [3.05, 3.63) is 64.7 Å². The van der Waals surface area contributed by atoms with E-state index in [1.165, 1.54) is 0 Å². The normalized spacial score (nSPS) is 19.9. The molecule has 0 bridgehead atoms. The van der Waals surface area contributed by atoms with Crippen molar-refractivity contribution in [3.63, 3.8) is 0 Å². The number of nitrogens with zero attached hydrogens (tertiary/aromatic N) is 1. The number of aliphatic hydroxyl groups excluding tert-OH is 1. The fourth-order valence-electron chi connectivity index (χ4n) is 4.06. The van der Waals surface area contributed by atoms with Crippen LogP contribution >= 0.6 is 0 Å². The molecule has 31 heavy (non-hydrogen) atoms. The van der Waals surface area contributed by atoms with Gasteiger partial charge < -0.3 is 19.5 Å². The van der Waals surface area contributed by atoms with Gasteiger partial charge in [-0.05, 0) is 41.2 Å². The number of amides is 1. The van der Waals surface area contributed by atoms with Crippen LogP contribution in [0.3, 0.4) is 0 Å². The minimum atomic E-state index is -0.673. The Hall–Kier alpha value is -3.28. The van der Waals surface area contributed by atoms with Gasteiger partial charge in [0.05, 0.1) is 11.6 Å². The van der Waals surface area contributed by atoms with Crippen LogP contribution in [0.2, 0.25) is 0 Å². The molecule has 162 valence electrons. The summed E-state index contributed by atoms with van der Waals surface area (Å²) in [6.07, 6.45) is 0.702. The molecule has 6 nitrogen and oxygen atoms in total. The predicted octanol–water partition coefficient (Wildman–Crippen LogP) is 4.54. The van der Waals surface area contributed by atoms with Crippen molar-refractivity contribution in [2.75, 3.05) is 13.3 Å². The second kappa shape index (κ2) is 7.76. The molecule has 1 N–H and O–H groups in total. The van der Waals surface area contributed by atoms with Gasteiger partial charge in [-0.3, -0.25) is 9.59 Å². The highest BCUT2D eigenvalue weighted by Crippen LogP contribution is 2.41. The van der Waals surface area contributed by atoms with Crippen molar-refractivity contribution < 1.29 is 24.2 Å². The van der Waals surface area contributed by atoms with Crippen LogP contribution in [0.4, 0.5) is 0 Å². The first-order chi connectivity index (χ1) is 14.7. The van der Waals surface area contributed by atoms with Crippen LogP contribution in [-0.4, -0.2) is 35.0 Å². The minimum absolute atomic E-state index is 0.0176. The lowest BCUT2D eigenvalue weighted by Crippen LogP contribution is -2.30. The lowest BCUT2D eigenvalue weighted by Gasteiger charge is -2.26. The third-order valence-corrected chi connectivity index (χ3v) is 5.74. The molecule has 1 fully saturated rings. The number of hydrogen-bond acceptors (Lipinski definition) is 5. The van der Waals surface area contributed by atoms with E-state index in [4.69, 9.17) is 9.47 Å². The Morgan fingerprint density at radius 2 is 1.74 bits per heavy atom. The highest BCUT2D eigenvalue weighted by Gasteiger charge is 2.45. The Kier molecular flexibility index (Phi) is 5.25. The number of Topliss-reactive ketones (excluding diaryl/α,β-unsaturated/α-hetero) is 1. The lowest BCUT2D eigenvalue weighted by molar-refractivity contribution is -0.139. The molecule has 2 heterocycles. The Balaban J connectivity index is 1.83. The monoisotopic (exact) mass is 421 g/mol. The average molecular weight is 421 g/mol. The number of ether oxygens (including phenoxy) is 2. The number of fused-ring (bicyclic) bond motifs is 1. The number of rotatable bonds is 4. The summed E-state index contributed by atoms with van der Waals surface area (Å²) in [7, 11) is 0. The van der Waals surface area contributed by atoms with E-state index < -0.39 is 17.7 Å². The van der Waals surface area contributed by atoms with Crippen molar-refractivity contribution in [3.8, 4) is 11.5 Å². The molecule has 1 amide bonds. The van der Waals surface area contributed by atoms with E-state index in [0.29, 0.717) is 30.0 Å². The minimum Gasteiger partial charge on any atom is -0.507 e. The van der Waals surface area contributed by atoms with E-state index in [1.54, 1.807) is 23.1 Å². The maximum absolute atomic E-state index is 13.0. The number of likely N-dealkylation sites (tertiary alicyclic amines) is 1. The van der Waals surface area contributed by atoms with Gasteiger partial charge in [-0.15, -0.1) is 0 Å². The number of benzene rings is 2. The first kappa shape index (κ1) is 21.0. The molecule has 1 saturated heterocycles. The summed E-state index contributed by atoms with van der Waals surface area (Å²) in [6.45, 7) is 8.88. The molecule has 1 atom stereocenters. The highest BCUT2D eigenvalue weighted by molar-refractivity contribution is 6.46. The van der Waals surface area contributed by atoms with Crippen LogP contribution in [0.1, 0.15) is 56.8 Å². The van der Waals surface area contributed by atoms with Gasteiger partial charge in [0.2, 0.25) is 6.79 Å². The number of carbonyl (C=O) groups is 2. The molecule has 2 aliphatic rings. The number of carbonyl (C=O) groups excluding carboxylic acids is 2. The van der Waals surface area contributed by atoms with E-state index in [-0.39, 0.29) is 23.5 Å². The smallest absolute Gasteiger partial charge is 0.295 e. The zero-order valence-corrected chi connectivity index (χ0v) is 18.3. The van der Waals surface area contributed by atoms with Crippen LogP contribution in [0.5, 0.6) is 11.5 Å². The van der Waals surface area contributed by atoms with Gasteiger partial charge in [-0.2, -0.15) is 0 Å². The molecule has 0 spiro atoms. The number of aliphatic hydroxyl groups is 1. The van der Waals surface area contributed by atoms with E-state index in [9.17, 15) is 14.7 Å². The predicted molar refractivity (Wildman–Crippen MR) is 117 cm³/mol. The first-order valence-electron chi connectivity index (χ1n) is 10.5. The molecule has 1 unspecified atom stereocenters. The molecule has 0 saturated carbocycles. The molecule has 2 aliphatic heterocycles. The van der Waals surface area contributed by atoms with Gasteiger partial charge in [-0.1, -0.05) is 52.0 Å². The average Bonchev–Trinajstić information content (AvgIpc) is 3.30. The van der Waals surface area contributed by atoms with Gasteiger partial charge >= 0.3 is 0 Å². The molecule has 0 aliphatic carbocycles. The van der Waals surface area contributed by atoms with Crippen molar-refractivity contribution in [1.29, 1.82) is 0 Å².